The normalized spacial score (nSPS) is 37.1. The summed E-state index contributed by atoms with van der Waals surface area (Å²) < 4.78 is 7.25. The zero-order valence-electron chi connectivity index (χ0n) is 11.6. The maximum Gasteiger partial charge on any atom is 0.355 e. The van der Waals surface area contributed by atoms with Gasteiger partial charge in [0.05, 0.1) is 12.2 Å². The fourth-order valence-electron chi connectivity index (χ4n) is 3.41. The first-order valence-corrected chi connectivity index (χ1v) is 6.89. The monoisotopic (exact) mass is 280 g/mol. The molecule has 1 unspecified atom stereocenters. The molecule has 0 saturated carbocycles. The lowest BCUT2D eigenvalue weighted by atomic mass is 10.00. The van der Waals surface area contributed by atoms with Gasteiger partial charge >= 0.3 is 5.97 Å². The van der Waals surface area contributed by atoms with Crippen molar-refractivity contribution in [3.63, 3.8) is 0 Å². The van der Waals surface area contributed by atoms with E-state index in [1.165, 1.54) is 0 Å². The summed E-state index contributed by atoms with van der Waals surface area (Å²) in [7, 11) is 3.69. The van der Waals surface area contributed by atoms with Gasteiger partial charge in [-0.05, 0) is 19.2 Å². The topological polar surface area (TPSA) is 74.9 Å². The van der Waals surface area contributed by atoms with Gasteiger partial charge in [-0.15, -0.1) is 0 Å². The SMILES string of the molecule is CN1[C@@H]2CC(OC(=O)c3cccn3C)C[C@H]1[C@H](O)[C@H]2O. The molecule has 2 aliphatic heterocycles. The summed E-state index contributed by atoms with van der Waals surface area (Å²) in [5, 5.41) is 20.0. The Labute approximate surface area is 117 Å². The van der Waals surface area contributed by atoms with Gasteiger partial charge in [-0.25, -0.2) is 4.79 Å². The molecule has 0 aliphatic carbocycles. The number of carbonyl (C=O) groups is 1. The molecule has 0 spiro atoms. The minimum Gasteiger partial charge on any atom is -0.458 e. The Bertz CT molecular complexity index is 489. The summed E-state index contributed by atoms with van der Waals surface area (Å²) in [6.45, 7) is 0. The fourth-order valence-corrected chi connectivity index (χ4v) is 3.41. The average molecular weight is 280 g/mol. The fraction of sp³-hybridized carbons (Fsp3) is 0.643. The van der Waals surface area contributed by atoms with Crippen LogP contribution < -0.4 is 0 Å². The largest absolute Gasteiger partial charge is 0.458 e. The van der Waals surface area contributed by atoms with E-state index in [1.54, 1.807) is 29.9 Å². The molecule has 6 heteroatoms. The number of hydrogen-bond donors (Lipinski definition) is 2. The van der Waals surface area contributed by atoms with Crippen molar-refractivity contribution in [1.29, 1.82) is 0 Å². The molecule has 20 heavy (non-hydrogen) atoms. The zero-order chi connectivity index (χ0) is 14.4. The van der Waals surface area contributed by atoms with Crippen molar-refractivity contribution in [1.82, 2.24) is 9.47 Å². The quantitative estimate of drug-likeness (QED) is 0.731. The smallest absolute Gasteiger partial charge is 0.355 e. The third kappa shape index (κ3) is 2.04. The molecule has 3 heterocycles. The second kappa shape index (κ2) is 4.87. The molecule has 3 rings (SSSR count). The van der Waals surface area contributed by atoms with E-state index < -0.39 is 12.2 Å². The van der Waals surface area contributed by atoms with Crippen LogP contribution in [0.1, 0.15) is 23.3 Å². The summed E-state index contributed by atoms with van der Waals surface area (Å²) in [5.41, 5.74) is 0.511. The van der Waals surface area contributed by atoms with Gasteiger partial charge in [0.1, 0.15) is 11.8 Å². The first kappa shape index (κ1) is 13.6. The van der Waals surface area contributed by atoms with Crippen LogP contribution in [-0.2, 0) is 11.8 Å². The van der Waals surface area contributed by atoms with Gasteiger partial charge in [0, 0.05) is 38.2 Å². The lowest BCUT2D eigenvalue weighted by Crippen LogP contribution is -2.46. The molecule has 2 saturated heterocycles. The zero-order valence-corrected chi connectivity index (χ0v) is 11.6. The average Bonchev–Trinajstić information content (AvgIpc) is 2.88. The molecule has 0 aromatic carbocycles. The van der Waals surface area contributed by atoms with Crippen LogP contribution in [0.3, 0.4) is 0 Å². The van der Waals surface area contributed by atoms with Gasteiger partial charge in [0.2, 0.25) is 0 Å². The lowest BCUT2D eigenvalue weighted by molar-refractivity contribution is -0.0103. The Kier molecular flexibility index (Phi) is 3.32. The summed E-state index contributed by atoms with van der Waals surface area (Å²) in [6, 6.07) is 3.22. The van der Waals surface area contributed by atoms with Crippen molar-refractivity contribution in [2.75, 3.05) is 7.05 Å². The second-order valence-corrected chi connectivity index (χ2v) is 5.78. The number of ether oxygens (including phenoxy) is 1. The van der Waals surface area contributed by atoms with Crippen LogP contribution >= 0.6 is 0 Å². The second-order valence-electron chi connectivity index (χ2n) is 5.78. The molecule has 6 nitrogen and oxygen atoms in total. The number of aliphatic hydroxyl groups is 2. The van der Waals surface area contributed by atoms with Gasteiger partial charge < -0.3 is 19.5 Å². The number of fused-ring (bicyclic) bond motifs is 2. The van der Waals surface area contributed by atoms with E-state index in [1.807, 2.05) is 11.9 Å². The van der Waals surface area contributed by atoms with Crippen LogP contribution in [0, 0.1) is 0 Å². The van der Waals surface area contributed by atoms with E-state index in [0.29, 0.717) is 18.5 Å². The van der Waals surface area contributed by atoms with Crippen LogP contribution in [0.4, 0.5) is 0 Å². The van der Waals surface area contributed by atoms with Gasteiger partial charge in [0.25, 0.3) is 0 Å². The molecule has 5 atom stereocenters. The van der Waals surface area contributed by atoms with Gasteiger partial charge in [-0.1, -0.05) is 0 Å². The standard InChI is InChI=1S/C14H20N2O4/c1-15-5-3-4-9(15)14(19)20-8-6-10-12(17)13(18)11(7-8)16(10)2/h3-5,8,10-13,17-18H,6-7H2,1-2H3/t8?,10-,11+,12-,13-/m0/s1. The Morgan fingerprint density at radius 3 is 2.35 bits per heavy atom. The Balaban J connectivity index is 1.69. The minimum atomic E-state index is -0.760. The third-order valence-corrected chi connectivity index (χ3v) is 4.62. The first-order valence-electron chi connectivity index (χ1n) is 6.89. The number of carbonyl (C=O) groups excluding carboxylic acids is 1. The molecule has 2 bridgehead atoms. The van der Waals surface area contributed by atoms with Crippen LogP contribution in [-0.4, -0.2) is 63.1 Å². The maximum atomic E-state index is 12.1. The highest BCUT2D eigenvalue weighted by Crippen LogP contribution is 2.36. The van der Waals surface area contributed by atoms with Crippen LogP contribution in [0.25, 0.3) is 0 Å². The number of hydrogen-bond acceptors (Lipinski definition) is 5. The van der Waals surface area contributed by atoms with Crippen LogP contribution in [0.5, 0.6) is 0 Å². The molecule has 110 valence electrons. The molecule has 2 aliphatic rings. The van der Waals surface area contributed by atoms with E-state index in [9.17, 15) is 15.0 Å². The lowest BCUT2D eigenvalue weighted by Gasteiger charge is -2.35. The number of piperidine rings is 1. The van der Waals surface area contributed by atoms with Crippen molar-refractivity contribution in [2.24, 2.45) is 7.05 Å². The Morgan fingerprint density at radius 2 is 1.85 bits per heavy atom. The van der Waals surface area contributed by atoms with E-state index >= 15 is 0 Å². The van der Waals surface area contributed by atoms with Gasteiger partial charge in [0.15, 0.2) is 0 Å². The minimum absolute atomic E-state index is 0.144. The molecule has 0 radical (unpaired) electrons. The Hall–Kier alpha value is -1.37. The van der Waals surface area contributed by atoms with Crippen molar-refractivity contribution in [2.45, 2.75) is 43.2 Å². The molecular formula is C14H20N2O4. The van der Waals surface area contributed by atoms with E-state index in [2.05, 4.69) is 0 Å². The number of nitrogens with zero attached hydrogens (tertiary/aromatic N) is 2. The van der Waals surface area contributed by atoms with Crippen molar-refractivity contribution in [3.05, 3.63) is 24.0 Å². The number of aromatic nitrogens is 1. The summed E-state index contributed by atoms with van der Waals surface area (Å²) in [4.78, 5) is 14.1. The summed E-state index contributed by atoms with van der Waals surface area (Å²) in [5.74, 6) is -0.351. The predicted octanol–water partition coefficient (Wildman–Crippen LogP) is -0.251. The highest BCUT2D eigenvalue weighted by Gasteiger charge is 2.51. The summed E-state index contributed by atoms with van der Waals surface area (Å²) >= 11 is 0. The number of aliphatic hydroxyl groups excluding tert-OH is 2. The van der Waals surface area contributed by atoms with Crippen LogP contribution in [0.15, 0.2) is 18.3 Å². The molecule has 2 N–H and O–H groups in total. The van der Waals surface area contributed by atoms with Crippen molar-refractivity contribution < 1.29 is 19.7 Å². The van der Waals surface area contributed by atoms with E-state index in [0.717, 1.165) is 0 Å². The van der Waals surface area contributed by atoms with Crippen molar-refractivity contribution >= 4 is 5.97 Å². The highest BCUT2D eigenvalue weighted by molar-refractivity contribution is 5.87. The number of esters is 1. The van der Waals surface area contributed by atoms with Gasteiger partial charge in [-0.2, -0.15) is 0 Å². The molecule has 1 aromatic heterocycles. The number of aryl methyl sites for hydroxylation is 1. The van der Waals surface area contributed by atoms with E-state index in [-0.39, 0.29) is 24.2 Å². The third-order valence-electron chi connectivity index (χ3n) is 4.62. The first-order chi connectivity index (χ1) is 9.49. The molecule has 2 fully saturated rings. The molecular weight excluding hydrogens is 260 g/mol. The summed E-state index contributed by atoms with van der Waals surface area (Å²) in [6.07, 6.45) is 1.13. The maximum absolute atomic E-state index is 12.1. The molecule has 0 amide bonds. The van der Waals surface area contributed by atoms with Crippen molar-refractivity contribution in [3.8, 4) is 0 Å². The molecule has 1 aromatic rings. The van der Waals surface area contributed by atoms with E-state index in [4.69, 9.17) is 4.74 Å². The number of likely N-dealkylation sites (N-methyl/N-ethyl adjacent to an activating group) is 1. The number of rotatable bonds is 2. The van der Waals surface area contributed by atoms with Gasteiger partial charge in [-0.3, -0.25) is 4.90 Å². The highest BCUT2D eigenvalue weighted by atomic mass is 16.5. The Morgan fingerprint density at radius 1 is 1.25 bits per heavy atom. The predicted molar refractivity (Wildman–Crippen MR) is 71.2 cm³/mol. The van der Waals surface area contributed by atoms with Crippen LogP contribution in [0.2, 0.25) is 0 Å².